The molecule has 1 atom stereocenters. The first kappa shape index (κ1) is 33.1. The minimum Gasteiger partial charge on any atom is -0.491 e. The molecule has 4 rings (SSSR count). The van der Waals surface area contributed by atoms with Crippen molar-refractivity contribution in [2.45, 2.75) is 65.7 Å². The second-order valence-electron chi connectivity index (χ2n) is 10.4. The van der Waals surface area contributed by atoms with Crippen LogP contribution in [0.2, 0.25) is 0 Å². The number of hydrogen-bond donors (Lipinski definition) is 2. The van der Waals surface area contributed by atoms with E-state index in [4.69, 9.17) is 9.47 Å². The van der Waals surface area contributed by atoms with Crippen LogP contribution >= 0.6 is 0 Å². The number of benzene rings is 4. The molecule has 0 spiro atoms. The van der Waals surface area contributed by atoms with Crippen molar-refractivity contribution < 1.29 is 43.8 Å². The fourth-order valence-corrected chi connectivity index (χ4v) is 7.32. The molecule has 0 bridgehead atoms. The molecule has 234 valence electrons. The average Bonchev–Trinajstić information content (AvgIpc) is 2.96. The summed E-state index contributed by atoms with van der Waals surface area (Å²) in [6.45, 7) is 7.36. The van der Waals surface area contributed by atoms with Gasteiger partial charge in [-0.05, 0) is 90.6 Å². The Bertz CT molecular complexity index is 1980. The van der Waals surface area contributed by atoms with Crippen LogP contribution in [0, 0.1) is 0 Å². The fraction of sp³-hybridized carbons (Fsp3) is 0.226. The molecule has 1 unspecified atom stereocenters. The maximum Gasteiger partial charge on any atom is 0.298 e. The molecule has 0 saturated carbocycles. The SMILES string of the molecule is CCC(C)Oc1ccc(-c2ccc(Oc3ccc(S(=O)(=O)c4ccc(C(C)C)c(S(=O)(=O)O)c4)cc3S(=O)(=O)O)cc2)cc1. The predicted octanol–water partition coefficient (Wildman–Crippen LogP) is 6.77. The molecule has 0 aromatic heterocycles. The van der Waals surface area contributed by atoms with Crippen molar-refractivity contribution in [2.24, 2.45) is 0 Å². The first-order valence-corrected chi connectivity index (χ1v) is 17.9. The van der Waals surface area contributed by atoms with Gasteiger partial charge >= 0.3 is 0 Å². The van der Waals surface area contributed by atoms with E-state index in [-0.39, 0.29) is 29.1 Å². The third-order valence-corrected chi connectivity index (χ3v) is 10.4. The maximum absolute atomic E-state index is 13.4. The first-order valence-electron chi connectivity index (χ1n) is 13.5. The largest absolute Gasteiger partial charge is 0.491 e. The van der Waals surface area contributed by atoms with E-state index in [0.717, 1.165) is 53.6 Å². The third-order valence-electron chi connectivity index (χ3n) is 6.88. The lowest BCUT2D eigenvalue weighted by molar-refractivity contribution is 0.217. The standard InChI is InChI=1S/C31H32O10S3/c1-5-21(4)40-24-10-6-22(7-11-24)23-8-12-25(13-9-23)41-29-17-15-27(19-31(29)44(37,38)39)42(32,33)26-14-16-28(20(2)3)30(18-26)43(34,35)36/h6-21H,5H2,1-4H3,(H,34,35,36)(H,37,38,39). The lowest BCUT2D eigenvalue weighted by atomic mass is 10.0. The van der Waals surface area contributed by atoms with Crippen LogP contribution in [-0.4, -0.2) is 40.5 Å². The Kier molecular flexibility index (Phi) is 9.57. The second kappa shape index (κ2) is 12.7. The molecular formula is C31H32O10S3. The van der Waals surface area contributed by atoms with Gasteiger partial charge in [-0.2, -0.15) is 16.8 Å². The van der Waals surface area contributed by atoms with Crippen molar-refractivity contribution in [2.75, 3.05) is 0 Å². The lowest BCUT2D eigenvalue weighted by Crippen LogP contribution is -2.10. The minimum absolute atomic E-state index is 0.0910. The lowest BCUT2D eigenvalue weighted by Gasteiger charge is -2.14. The smallest absolute Gasteiger partial charge is 0.298 e. The summed E-state index contributed by atoms with van der Waals surface area (Å²) in [6, 6.07) is 20.3. The van der Waals surface area contributed by atoms with E-state index in [9.17, 15) is 34.4 Å². The van der Waals surface area contributed by atoms with Gasteiger partial charge in [0.15, 0.2) is 0 Å². The van der Waals surface area contributed by atoms with Gasteiger partial charge in [-0.3, -0.25) is 9.11 Å². The Hall–Kier alpha value is -3.75. The van der Waals surface area contributed by atoms with Gasteiger partial charge in [-0.25, -0.2) is 8.42 Å². The number of hydrogen-bond acceptors (Lipinski definition) is 8. The first-order chi connectivity index (χ1) is 20.5. The van der Waals surface area contributed by atoms with Gasteiger partial charge < -0.3 is 9.47 Å². The Morgan fingerprint density at radius 2 is 1.11 bits per heavy atom. The Morgan fingerprint density at radius 3 is 1.59 bits per heavy atom. The normalized spacial score (nSPS) is 13.1. The summed E-state index contributed by atoms with van der Waals surface area (Å²) in [5.41, 5.74) is 1.95. The monoisotopic (exact) mass is 660 g/mol. The molecule has 4 aromatic rings. The van der Waals surface area contributed by atoms with Gasteiger partial charge in [-0.15, -0.1) is 0 Å². The second-order valence-corrected chi connectivity index (χ2v) is 15.1. The predicted molar refractivity (Wildman–Crippen MR) is 164 cm³/mol. The maximum atomic E-state index is 13.4. The molecule has 2 N–H and O–H groups in total. The van der Waals surface area contributed by atoms with E-state index in [0.29, 0.717) is 0 Å². The van der Waals surface area contributed by atoms with Gasteiger partial charge in [-0.1, -0.05) is 51.1 Å². The summed E-state index contributed by atoms with van der Waals surface area (Å²) in [5, 5.41) is 0. The van der Waals surface area contributed by atoms with Gasteiger partial charge in [0.2, 0.25) is 9.84 Å². The van der Waals surface area contributed by atoms with Gasteiger partial charge in [0.25, 0.3) is 20.2 Å². The molecule has 0 amide bonds. The zero-order valence-electron chi connectivity index (χ0n) is 24.3. The van der Waals surface area contributed by atoms with E-state index < -0.39 is 49.7 Å². The summed E-state index contributed by atoms with van der Waals surface area (Å²) in [5.74, 6) is 0.278. The van der Waals surface area contributed by atoms with E-state index in [1.807, 2.05) is 38.1 Å². The average molecular weight is 661 g/mol. The molecule has 4 aromatic carbocycles. The van der Waals surface area contributed by atoms with Crippen LogP contribution in [0.25, 0.3) is 11.1 Å². The summed E-state index contributed by atoms with van der Waals surface area (Å²) in [6.07, 6.45) is 0.971. The number of ether oxygens (including phenoxy) is 2. The molecule has 0 heterocycles. The molecule has 0 fully saturated rings. The minimum atomic E-state index is -4.97. The van der Waals surface area contributed by atoms with E-state index >= 15 is 0 Å². The summed E-state index contributed by atoms with van der Waals surface area (Å²) < 4.78 is 106. The summed E-state index contributed by atoms with van der Waals surface area (Å²) >= 11 is 0. The molecule has 0 saturated heterocycles. The van der Waals surface area contributed by atoms with Crippen LogP contribution in [0.1, 0.15) is 45.6 Å². The van der Waals surface area contributed by atoms with Gasteiger partial charge in [0.05, 0.1) is 20.8 Å². The molecule has 0 aliphatic carbocycles. The quantitative estimate of drug-likeness (QED) is 0.164. The molecule has 0 aliphatic heterocycles. The third kappa shape index (κ3) is 7.48. The van der Waals surface area contributed by atoms with Crippen molar-refractivity contribution in [3.8, 4) is 28.4 Å². The topological polar surface area (TPSA) is 161 Å². The Labute approximate surface area is 257 Å². The van der Waals surface area contributed by atoms with Crippen molar-refractivity contribution in [3.63, 3.8) is 0 Å². The van der Waals surface area contributed by atoms with Crippen LogP contribution < -0.4 is 9.47 Å². The Morgan fingerprint density at radius 1 is 0.636 bits per heavy atom. The zero-order chi connectivity index (χ0) is 32.4. The van der Waals surface area contributed by atoms with Crippen LogP contribution in [0.3, 0.4) is 0 Å². The molecule has 0 radical (unpaired) electrons. The number of rotatable bonds is 11. The fourth-order valence-electron chi connectivity index (χ4n) is 4.34. The summed E-state index contributed by atoms with van der Waals surface area (Å²) in [4.78, 5) is -2.44. The van der Waals surface area contributed by atoms with Crippen LogP contribution in [-0.2, 0) is 30.1 Å². The van der Waals surface area contributed by atoms with Crippen LogP contribution in [0.15, 0.2) is 105 Å². The molecule has 13 heteroatoms. The van der Waals surface area contributed by atoms with Crippen LogP contribution in [0.4, 0.5) is 0 Å². The molecule has 10 nitrogen and oxygen atoms in total. The highest BCUT2D eigenvalue weighted by molar-refractivity contribution is 7.91. The molecule has 0 aliphatic rings. The number of sulfone groups is 1. The molecule has 44 heavy (non-hydrogen) atoms. The highest BCUT2D eigenvalue weighted by atomic mass is 32.2. The Balaban J connectivity index is 1.64. The van der Waals surface area contributed by atoms with Gasteiger partial charge in [0, 0.05) is 0 Å². The highest BCUT2D eigenvalue weighted by Crippen LogP contribution is 2.35. The van der Waals surface area contributed by atoms with E-state index in [2.05, 4.69) is 0 Å². The summed E-state index contributed by atoms with van der Waals surface area (Å²) in [7, 11) is -14.2. The molecular weight excluding hydrogens is 629 g/mol. The van der Waals surface area contributed by atoms with E-state index in [1.54, 1.807) is 38.1 Å². The van der Waals surface area contributed by atoms with Crippen molar-refractivity contribution in [1.82, 2.24) is 0 Å². The van der Waals surface area contributed by atoms with Crippen molar-refractivity contribution in [3.05, 3.63) is 90.5 Å². The van der Waals surface area contributed by atoms with Crippen molar-refractivity contribution >= 4 is 30.1 Å². The van der Waals surface area contributed by atoms with Crippen LogP contribution in [0.5, 0.6) is 17.2 Å². The zero-order valence-corrected chi connectivity index (χ0v) is 26.8. The van der Waals surface area contributed by atoms with Crippen molar-refractivity contribution in [1.29, 1.82) is 0 Å². The van der Waals surface area contributed by atoms with Gasteiger partial charge in [0.1, 0.15) is 22.1 Å². The van der Waals surface area contributed by atoms with E-state index in [1.165, 1.54) is 6.07 Å². The highest BCUT2D eigenvalue weighted by Gasteiger charge is 2.27.